The highest BCUT2D eigenvalue weighted by molar-refractivity contribution is 5.71. The fraction of sp³-hybridized carbons (Fsp3) is 0.708. The topological polar surface area (TPSA) is 78.9 Å². The summed E-state index contributed by atoms with van der Waals surface area (Å²) in [6.07, 6.45) is 89.6. The van der Waals surface area contributed by atoms with E-state index < -0.39 is 6.10 Å². The predicted octanol–water partition coefficient (Wildman–Crippen LogP) is 22.6. The number of carbonyl (C=O) groups excluding carboxylic acids is 3. The molecule has 0 radical (unpaired) electrons. The Balaban J connectivity index is 4.27. The molecule has 0 N–H and O–H groups in total. The van der Waals surface area contributed by atoms with Crippen molar-refractivity contribution in [2.24, 2.45) is 0 Å². The molecule has 6 nitrogen and oxygen atoms in total. The quantitative estimate of drug-likeness (QED) is 0.0261. The van der Waals surface area contributed by atoms with Crippen molar-refractivity contribution in [1.82, 2.24) is 0 Å². The van der Waals surface area contributed by atoms with Crippen LogP contribution in [0, 0.1) is 0 Å². The zero-order valence-corrected chi connectivity index (χ0v) is 51.2. The molecule has 1 atom stereocenters. The number of hydrogen-bond acceptors (Lipinski definition) is 6. The van der Waals surface area contributed by atoms with E-state index in [1.165, 1.54) is 148 Å². The normalized spacial score (nSPS) is 12.8. The average molecular weight is 1080 g/mol. The minimum atomic E-state index is -0.795. The lowest BCUT2D eigenvalue weighted by atomic mass is 10.0. The van der Waals surface area contributed by atoms with Crippen LogP contribution in [0.2, 0.25) is 0 Å². The molecule has 0 saturated carbocycles. The van der Waals surface area contributed by atoms with Gasteiger partial charge in [-0.1, -0.05) is 297 Å². The van der Waals surface area contributed by atoms with E-state index in [1.807, 2.05) is 0 Å². The smallest absolute Gasteiger partial charge is 0.306 e. The summed E-state index contributed by atoms with van der Waals surface area (Å²) >= 11 is 0. The lowest BCUT2D eigenvalue weighted by Gasteiger charge is -2.18. The lowest BCUT2D eigenvalue weighted by molar-refractivity contribution is -0.167. The summed E-state index contributed by atoms with van der Waals surface area (Å²) in [7, 11) is 0. The Morgan fingerprint density at radius 1 is 0.269 bits per heavy atom. The summed E-state index contributed by atoms with van der Waals surface area (Å²) in [6.45, 7) is 6.41. The van der Waals surface area contributed by atoms with Crippen LogP contribution in [0.3, 0.4) is 0 Å². The molecule has 1 unspecified atom stereocenters. The molecular formula is C72H122O6. The first-order valence-electron chi connectivity index (χ1n) is 32.9. The van der Waals surface area contributed by atoms with Gasteiger partial charge < -0.3 is 14.2 Å². The monoisotopic (exact) mass is 1080 g/mol. The minimum Gasteiger partial charge on any atom is -0.462 e. The fourth-order valence-electron chi connectivity index (χ4n) is 9.17. The predicted molar refractivity (Wildman–Crippen MR) is 339 cm³/mol. The summed E-state index contributed by atoms with van der Waals surface area (Å²) < 4.78 is 16.9. The van der Waals surface area contributed by atoms with Crippen LogP contribution >= 0.6 is 0 Å². The number of carbonyl (C=O) groups is 3. The standard InChI is InChI=1S/C72H122O6/c1-4-7-10-13-16-19-22-25-27-29-31-32-33-34-35-36-37-38-39-40-42-43-45-47-50-53-56-59-62-65-71(74)77-68-69(67-76-70(73)64-61-58-55-52-49-24-21-18-15-12-9-6-3)78-72(75)66-63-60-57-54-51-48-46-44-41-30-28-26-23-20-17-14-11-8-5-2/h7-8,10-11,16-17,19-20,25-28,31-32,41,44,48,51,69H,4-6,9,12-15,18,21-24,29-30,33-40,42-43,45-47,49-50,52-68H2,1-3H3/b10-7-,11-8-,19-16-,20-17-,27-25-,28-26-,32-31-,44-41-,51-48-. The summed E-state index contributed by atoms with van der Waals surface area (Å²) in [4.78, 5) is 38.3. The maximum atomic E-state index is 12.9. The summed E-state index contributed by atoms with van der Waals surface area (Å²) in [5.74, 6) is -0.911. The highest BCUT2D eigenvalue weighted by Gasteiger charge is 2.19. The number of unbranched alkanes of at least 4 members (excludes halogenated alkanes) is 30. The molecule has 78 heavy (non-hydrogen) atoms. The SMILES string of the molecule is CC/C=C\C/C=C\C/C=C\C/C=C\C/C=C\CCCCCC(=O)OC(COC(=O)CCCCCCCCCCCCCC)COC(=O)CCCCCCCCCCCCCCCCCC/C=C\C/C=C\C/C=C\C/C=C\CC. The Kier molecular flexibility index (Phi) is 62.3. The molecule has 0 heterocycles. The van der Waals surface area contributed by atoms with E-state index in [0.717, 1.165) is 122 Å². The molecule has 0 aliphatic rings. The van der Waals surface area contributed by atoms with E-state index >= 15 is 0 Å². The molecular weight excluding hydrogens is 961 g/mol. The van der Waals surface area contributed by atoms with Gasteiger partial charge in [-0.2, -0.15) is 0 Å². The Bertz CT molecular complexity index is 1570. The minimum absolute atomic E-state index is 0.0885. The highest BCUT2D eigenvalue weighted by Crippen LogP contribution is 2.17. The molecule has 0 saturated heterocycles. The van der Waals surface area contributed by atoms with Crippen LogP contribution in [-0.4, -0.2) is 37.2 Å². The third kappa shape index (κ3) is 62.9. The number of rotatable bonds is 59. The molecule has 0 aromatic rings. The highest BCUT2D eigenvalue weighted by atomic mass is 16.6. The summed E-state index contributed by atoms with van der Waals surface area (Å²) in [5, 5.41) is 0. The Morgan fingerprint density at radius 2 is 0.500 bits per heavy atom. The second kappa shape index (κ2) is 65.6. The molecule has 0 aromatic carbocycles. The van der Waals surface area contributed by atoms with Gasteiger partial charge in [-0.15, -0.1) is 0 Å². The molecule has 0 aliphatic heterocycles. The van der Waals surface area contributed by atoms with Gasteiger partial charge in [-0.3, -0.25) is 14.4 Å². The molecule has 6 heteroatoms. The van der Waals surface area contributed by atoms with Gasteiger partial charge in [-0.05, 0) is 103 Å². The van der Waals surface area contributed by atoms with Gasteiger partial charge in [-0.25, -0.2) is 0 Å². The van der Waals surface area contributed by atoms with Crippen molar-refractivity contribution >= 4 is 17.9 Å². The fourth-order valence-corrected chi connectivity index (χ4v) is 9.17. The lowest BCUT2D eigenvalue weighted by Crippen LogP contribution is -2.30. The third-order valence-corrected chi connectivity index (χ3v) is 14.0. The first-order valence-corrected chi connectivity index (χ1v) is 32.9. The molecule has 0 aromatic heterocycles. The van der Waals surface area contributed by atoms with Crippen LogP contribution in [0.1, 0.15) is 310 Å². The Morgan fingerprint density at radius 3 is 0.795 bits per heavy atom. The van der Waals surface area contributed by atoms with Crippen molar-refractivity contribution in [2.75, 3.05) is 13.2 Å². The molecule has 0 amide bonds. The second-order valence-electron chi connectivity index (χ2n) is 21.6. The summed E-state index contributed by atoms with van der Waals surface area (Å²) in [6, 6.07) is 0. The van der Waals surface area contributed by atoms with E-state index in [4.69, 9.17) is 14.2 Å². The molecule has 0 rings (SSSR count). The number of hydrogen-bond donors (Lipinski definition) is 0. The van der Waals surface area contributed by atoms with Gasteiger partial charge in [0.25, 0.3) is 0 Å². The molecule has 0 aliphatic carbocycles. The first-order chi connectivity index (χ1) is 38.5. The van der Waals surface area contributed by atoms with Crippen LogP contribution in [0.4, 0.5) is 0 Å². The Hall–Kier alpha value is -3.93. The van der Waals surface area contributed by atoms with E-state index in [0.29, 0.717) is 12.8 Å². The van der Waals surface area contributed by atoms with Crippen LogP contribution in [-0.2, 0) is 28.6 Å². The van der Waals surface area contributed by atoms with Crippen LogP contribution < -0.4 is 0 Å². The molecule has 0 bridgehead atoms. The van der Waals surface area contributed by atoms with Crippen molar-refractivity contribution < 1.29 is 28.6 Å². The first kappa shape index (κ1) is 74.1. The second-order valence-corrected chi connectivity index (χ2v) is 21.6. The van der Waals surface area contributed by atoms with Gasteiger partial charge >= 0.3 is 17.9 Å². The molecule has 0 fully saturated rings. The number of esters is 3. The number of ether oxygens (including phenoxy) is 3. The van der Waals surface area contributed by atoms with E-state index in [1.54, 1.807) is 0 Å². The number of allylic oxidation sites excluding steroid dienone is 18. The van der Waals surface area contributed by atoms with Crippen molar-refractivity contribution in [3.8, 4) is 0 Å². The van der Waals surface area contributed by atoms with E-state index in [9.17, 15) is 14.4 Å². The van der Waals surface area contributed by atoms with Gasteiger partial charge in [0.1, 0.15) is 13.2 Å². The van der Waals surface area contributed by atoms with Gasteiger partial charge in [0.05, 0.1) is 0 Å². The zero-order valence-electron chi connectivity index (χ0n) is 51.2. The van der Waals surface area contributed by atoms with E-state index in [-0.39, 0.29) is 37.5 Å². The van der Waals surface area contributed by atoms with Gasteiger partial charge in [0.2, 0.25) is 0 Å². The maximum Gasteiger partial charge on any atom is 0.306 e. The van der Waals surface area contributed by atoms with Crippen LogP contribution in [0.15, 0.2) is 109 Å². The van der Waals surface area contributed by atoms with Crippen molar-refractivity contribution in [3.05, 3.63) is 109 Å². The van der Waals surface area contributed by atoms with Crippen molar-refractivity contribution in [3.63, 3.8) is 0 Å². The zero-order chi connectivity index (χ0) is 56.4. The largest absolute Gasteiger partial charge is 0.462 e. The van der Waals surface area contributed by atoms with Crippen LogP contribution in [0.5, 0.6) is 0 Å². The average Bonchev–Trinajstić information content (AvgIpc) is 3.44. The van der Waals surface area contributed by atoms with Crippen molar-refractivity contribution in [2.45, 2.75) is 316 Å². The van der Waals surface area contributed by atoms with Gasteiger partial charge in [0, 0.05) is 19.3 Å². The maximum absolute atomic E-state index is 12.9. The molecule has 446 valence electrons. The summed E-state index contributed by atoms with van der Waals surface area (Å²) in [5.41, 5.74) is 0. The molecule has 0 spiro atoms. The van der Waals surface area contributed by atoms with Crippen LogP contribution in [0.25, 0.3) is 0 Å². The van der Waals surface area contributed by atoms with Crippen molar-refractivity contribution in [1.29, 1.82) is 0 Å². The van der Waals surface area contributed by atoms with Gasteiger partial charge in [0.15, 0.2) is 6.10 Å². The third-order valence-electron chi connectivity index (χ3n) is 14.0. The Labute approximate surface area is 482 Å². The van der Waals surface area contributed by atoms with E-state index in [2.05, 4.69) is 130 Å².